The summed E-state index contributed by atoms with van der Waals surface area (Å²) in [6.45, 7) is 0.790. The number of carbonyl (C=O) groups is 1. The zero-order chi connectivity index (χ0) is 17.5. The lowest BCUT2D eigenvalue weighted by Gasteiger charge is -2.14. The topological polar surface area (TPSA) is 51.3 Å². The summed E-state index contributed by atoms with van der Waals surface area (Å²) in [5.74, 6) is 0.704. The third kappa shape index (κ3) is 2.71. The lowest BCUT2D eigenvalue weighted by Crippen LogP contribution is -2.25. The Balaban J connectivity index is 1.56. The second-order valence-corrected chi connectivity index (χ2v) is 7.65. The smallest absolute Gasteiger partial charge is 0.253 e. The van der Waals surface area contributed by atoms with Crippen LogP contribution in [0.3, 0.4) is 0 Å². The molecule has 5 rings (SSSR count). The summed E-state index contributed by atoms with van der Waals surface area (Å²) < 4.78 is 4.28. The molecule has 134 valence electrons. The van der Waals surface area contributed by atoms with Crippen LogP contribution in [0.1, 0.15) is 54.9 Å². The molecular formula is C21H24N4O. The Kier molecular flexibility index (Phi) is 3.80. The highest BCUT2D eigenvalue weighted by Crippen LogP contribution is 2.34. The number of nitrogens with zero attached hydrogens (tertiary/aromatic N) is 3. The van der Waals surface area contributed by atoms with Crippen LogP contribution in [-0.2, 0) is 0 Å². The average molecular weight is 348 g/mol. The van der Waals surface area contributed by atoms with Gasteiger partial charge in [-0.05, 0) is 55.9 Å². The van der Waals surface area contributed by atoms with E-state index in [0.717, 1.165) is 29.0 Å². The molecule has 0 aromatic carbocycles. The summed E-state index contributed by atoms with van der Waals surface area (Å²) in [5, 5.41) is 7.71. The average Bonchev–Trinajstić information content (AvgIpc) is 3.07. The first-order valence-electron chi connectivity index (χ1n) is 9.73. The van der Waals surface area contributed by atoms with Gasteiger partial charge >= 0.3 is 0 Å². The molecule has 0 atom stereocenters. The summed E-state index contributed by atoms with van der Waals surface area (Å²) in [6, 6.07) is 10.6. The maximum Gasteiger partial charge on any atom is 0.253 e. The molecule has 0 unspecified atom stereocenters. The largest absolute Gasteiger partial charge is 0.352 e. The predicted octanol–water partition coefficient (Wildman–Crippen LogP) is 4.06. The highest BCUT2D eigenvalue weighted by atomic mass is 16.1. The second kappa shape index (κ2) is 6.31. The first-order chi connectivity index (χ1) is 12.8. The van der Waals surface area contributed by atoms with Gasteiger partial charge in [-0.2, -0.15) is 5.10 Å². The summed E-state index contributed by atoms with van der Waals surface area (Å²) in [6.07, 6.45) is 11.3. The molecule has 5 heteroatoms. The van der Waals surface area contributed by atoms with Crippen molar-refractivity contribution in [3.8, 4) is 11.4 Å². The Hall–Kier alpha value is -2.56. The molecule has 2 aliphatic carbocycles. The number of nitrogens with one attached hydrogen (secondary N) is 1. The highest BCUT2D eigenvalue weighted by molar-refractivity contribution is 6.02. The van der Waals surface area contributed by atoms with Crippen molar-refractivity contribution in [3.05, 3.63) is 48.3 Å². The van der Waals surface area contributed by atoms with Crippen LogP contribution in [0.4, 0.5) is 0 Å². The molecule has 0 radical (unpaired) electrons. The summed E-state index contributed by atoms with van der Waals surface area (Å²) >= 11 is 0. The molecule has 3 aromatic heterocycles. The van der Waals surface area contributed by atoms with Crippen molar-refractivity contribution < 1.29 is 4.79 Å². The van der Waals surface area contributed by atoms with Gasteiger partial charge in [0.15, 0.2) is 0 Å². The van der Waals surface area contributed by atoms with E-state index in [4.69, 9.17) is 0 Å². The van der Waals surface area contributed by atoms with Crippen LogP contribution < -0.4 is 5.32 Å². The van der Waals surface area contributed by atoms with Gasteiger partial charge < -0.3 is 9.72 Å². The van der Waals surface area contributed by atoms with Crippen molar-refractivity contribution >= 4 is 11.4 Å². The minimum Gasteiger partial charge on any atom is -0.352 e. The van der Waals surface area contributed by atoms with Gasteiger partial charge in [0.1, 0.15) is 0 Å². The Morgan fingerprint density at radius 1 is 1.12 bits per heavy atom. The SMILES string of the molecule is O=C(NCC1CC1)c1cc(-c2ccnn2C2CCCC2)n2ccccc12. The maximum atomic E-state index is 12.8. The van der Waals surface area contributed by atoms with E-state index < -0.39 is 0 Å². The van der Waals surface area contributed by atoms with E-state index in [2.05, 4.69) is 25.6 Å². The molecule has 3 aromatic rings. The van der Waals surface area contributed by atoms with E-state index in [9.17, 15) is 4.79 Å². The molecule has 5 nitrogen and oxygen atoms in total. The number of rotatable bonds is 5. The minimum absolute atomic E-state index is 0.0266. The number of hydrogen-bond donors (Lipinski definition) is 1. The molecule has 1 N–H and O–H groups in total. The third-order valence-electron chi connectivity index (χ3n) is 5.77. The van der Waals surface area contributed by atoms with Crippen LogP contribution in [0, 0.1) is 5.92 Å². The number of aromatic nitrogens is 3. The Morgan fingerprint density at radius 2 is 1.96 bits per heavy atom. The second-order valence-electron chi connectivity index (χ2n) is 7.65. The molecule has 26 heavy (non-hydrogen) atoms. The lowest BCUT2D eigenvalue weighted by molar-refractivity contribution is 0.0953. The van der Waals surface area contributed by atoms with E-state index in [1.54, 1.807) is 0 Å². The fourth-order valence-corrected chi connectivity index (χ4v) is 4.14. The van der Waals surface area contributed by atoms with Gasteiger partial charge in [0, 0.05) is 18.9 Å². The van der Waals surface area contributed by atoms with Crippen LogP contribution in [0.5, 0.6) is 0 Å². The molecule has 0 spiro atoms. The van der Waals surface area contributed by atoms with Crippen molar-refractivity contribution in [1.29, 1.82) is 0 Å². The van der Waals surface area contributed by atoms with Crippen LogP contribution in [-0.4, -0.2) is 26.6 Å². The molecule has 3 heterocycles. The molecular weight excluding hydrogens is 324 g/mol. The molecule has 0 aliphatic heterocycles. The Labute approximate surface area is 153 Å². The van der Waals surface area contributed by atoms with Crippen LogP contribution in [0.15, 0.2) is 42.7 Å². The normalized spacial score (nSPS) is 17.8. The molecule has 2 fully saturated rings. The number of pyridine rings is 1. The van der Waals surface area contributed by atoms with Gasteiger partial charge in [-0.1, -0.05) is 18.9 Å². The van der Waals surface area contributed by atoms with Gasteiger partial charge in [-0.15, -0.1) is 0 Å². The predicted molar refractivity (Wildman–Crippen MR) is 101 cm³/mol. The Morgan fingerprint density at radius 3 is 2.77 bits per heavy atom. The van der Waals surface area contributed by atoms with Gasteiger partial charge in [-0.25, -0.2) is 0 Å². The molecule has 0 bridgehead atoms. The van der Waals surface area contributed by atoms with Crippen molar-refractivity contribution in [3.63, 3.8) is 0 Å². The van der Waals surface area contributed by atoms with Gasteiger partial charge in [-0.3, -0.25) is 9.48 Å². The Bertz CT molecular complexity index is 944. The van der Waals surface area contributed by atoms with Crippen molar-refractivity contribution in [1.82, 2.24) is 19.5 Å². The fraction of sp³-hybridized carbons (Fsp3) is 0.429. The molecule has 1 amide bonds. The number of amides is 1. The fourth-order valence-electron chi connectivity index (χ4n) is 4.14. The van der Waals surface area contributed by atoms with E-state index in [0.29, 0.717) is 12.0 Å². The third-order valence-corrected chi connectivity index (χ3v) is 5.77. The van der Waals surface area contributed by atoms with Crippen molar-refractivity contribution in [2.24, 2.45) is 5.92 Å². The zero-order valence-corrected chi connectivity index (χ0v) is 14.9. The van der Waals surface area contributed by atoms with Gasteiger partial charge in [0.25, 0.3) is 5.91 Å². The van der Waals surface area contributed by atoms with Crippen LogP contribution >= 0.6 is 0 Å². The first kappa shape index (κ1) is 15.7. The summed E-state index contributed by atoms with van der Waals surface area (Å²) in [4.78, 5) is 12.8. The number of carbonyl (C=O) groups excluding carboxylic acids is 1. The number of fused-ring (bicyclic) bond motifs is 1. The molecule has 2 saturated carbocycles. The van der Waals surface area contributed by atoms with E-state index in [1.165, 1.54) is 38.5 Å². The summed E-state index contributed by atoms with van der Waals surface area (Å²) in [7, 11) is 0. The standard InChI is InChI=1S/C21H24N4O/c26-21(22-14-15-8-9-15)17-13-20(24-12-4-3-7-18(17)24)19-10-11-23-25(19)16-5-1-2-6-16/h3-4,7,10-13,15-16H,1-2,5-6,8-9,14H2,(H,22,26). The highest BCUT2D eigenvalue weighted by Gasteiger charge is 2.25. The van der Waals surface area contributed by atoms with Crippen LogP contribution in [0.25, 0.3) is 16.9 Å². The lowest BCUT2D eigenvalue weighted by atomic mass is 10.2. The van der Waals surface area contributed by atoms with Crippen LogP contribution in [0.2, 0.25) is 0 Å². The zero-order valence-electron chi connectivity index (χ0n) is 14.9. The monoisotopic (exact) mass is 348 g/mol. The minimum atomic E-state index is 0.0266. The van der Waals surface area contributed by atoms with E-state index in [1.807, 2.05) is 36.7 Å². The van der Waals surface area contributed by atoms with Gasteiger partial charge in [0.05, 0.1) is 28.5 Å². The molecule has 2 aliphatic rings. The van der Waals surface area contributed by atoms with Crippen molar-refractivity contribution in [2.45, 2.75) is 44.6 Å². The maximum absolute atomic E-state index is 12.8. The number of hydrogen-bond acceptors (Lipinski definition) is 2. The van der Waals surface area contributed by atoms with Crippen molar-refractivity contribution in [2.75, 3.05) is 6.54 Å². The van der Waals surface area contributed by atoms with E-state index >= 15 is 0 Å². The quantitative estimate of drug-likeness (QED) is 0.756. The molecule has 0 saturated heterocycles. The van der Waals surface area contributed by atoms with E-state index in [-0.39, 0.29) is 5.91 Å². The first-order valence-corrected chi connectivity index (χ1v) is 9.73. The summed E-state index contributed by atoms with van der Waals surface area (Å²) in [5.41, 5.74) is 3.84. The van der Waals surface area contributed by atoms with Gasteiger partial charge in [0.2, 0.25) is 0 Å².